The molecule has 146 valence electrons. The highest BCUT2D eigenvalue weighted by Crippen LogP contribution is 2.20. The number of hydrogen-bond acceptors (Lipinski definition) is 6. The maximum Gasteiger partial charge on any atom is 0.310 e. The minimum Gasteiger partial charge on any atom is -0.466 e. The number of halogens is 1. The van der Waals surface area contributed by atoms with E-state index in [1.807, 2.05) is 6.92 Å². The summed E-state index contributed by atoms with van der Waals surface area (Å²) < 4.78 is 24.1. The monoisotopic (exact) mass is 375 g/mol. The third-order valence-electron chi connectivity index (χ3n) is 4.89. The van der Waals surface area contributed by atoms with E-state index in [0.717, 1.165) is 38.9 Å². The lowest BCUT2D eigenvalue weighted by molar-refractivity contribution is -0.149. The van der Waals surface area contributed by atoms with Crippen LogP contribution in [0.1, 0.15) is 37.6 Å². The molecule has 0 radical (unpaired) electrons. The molecule has 3 rings (SSSR count). The summed E-state index contributed by atoms with van der Waals surface area (Å²) in [5.74, 6) is 0.563. The summed E-state index contributed by atoms with van der Waals surface area (Å²) in [5, 5.41) is 3.95. The summed E-state index contributed by atoms with van der Waals surface area (Å²) in [7, 11) is 0. The van der Waals surface area contributed by atoms with Crippen LogP contribution in [-0.4, -0.2) is 47.3 Å². The summed E-state index contributed by atoms with van der Waals surface area (Å²) in [4.78, 5) is 18.6. The van der Waals surface area contributed by atoms with Gasteiger partial charge in [0.05, 0.1) is 12.5 Å². The maximum atomic E-state index is 13.7. The number of carbonyl (C=O) groups is 1. The molecule has 6 nitrogen and oxygen atoms in total. The van der Waals surface area contributed by atoms with Gasteiger partial charge in [-0.1, -0.05) is 17.3 Å². The predicted octanol–water partition coefficient (Wildman–Crippen LogP) is 3.39. The molecule has 1 aliphatic heterocycles. The van der Waals surface area contributed by atoms with Crippen molar-refractivity contribution in [1.82, 2.24) is 15.0 Å². The van der Waals surface area contributed by atoms with Gasteiger partial charge in [0.15, 0.2) is 0 Å². The molecule has 0 spiro atoms. The van der Waals surface area contributed by atoms with Crippen molar-refractivity contribution in [1.29, 1.82) is 0 Å². The number of piperidine rings is 1. The van der Waals surface area contributed by atoms with Gasteiger partial charge < -0.3 is 14.2 Å². The van der Waals surface area contributed by atoms with Gasteiger partial charge in [-0.05, 0) is 57.8 Å². The van der Waals surface area contributed by atoms with Crippen LogP contribution < -0.4 is 0 Å². The number of nitrogens with zero attached hydrogens (tertiary/aromatic N) is 3. The van der Waals surface area contributed by atoms with Crippen LogP contribution in [0.4, 0.5) is 4.39 Å². The van der Waals surface area contributed by atoms with E-state index in [-0.39, 0.29) is 17.7 Å². The Bertz CT molecular complexity index is 778. The van der Waals surface area contributed by atoms with E-state index < -0.39 is 0 Å². The molecule has 1 saturated heterocycles. The average molecular weight is 375 g/mol. The molecule has 0 amide bonds. The molecule has 1 aromatic carbocycles. The second-order valence-electron chi connectivity index (χ2n) is 6.97. The molecular weight excluding hydrogens is 349 g/mol. The van der Waals surface area contributed by atoms with E-state index in [1.54, 1.807) is 19.1 Å². The van der Waals surface area contributed by atoms with Gasteiger partial charge in [0.1, 0.15) is 5.82 Å². The van der Waals surface area contributed by atoms with Crippen molar-refractivity contribution < 1.29 is 18.4 Å². The zero-order chi connectivity index (χ0) is 19.2. The fourth-order valence-corrected chi connectivity index (χ4v) is 3.37. The zero-order valence-corrected chi connectivity index (χ0v) is 15.9. The molecule has 0 saturated carbocycles. The van der Waals surface area contributed by atoms with E-state index in [0.29, 0.717) is 35.9 Å². The van der Waals surface area contributed by atoms with Gasteiger partial charge >= 0.3 is 5.97 Å². The van der Waals surface area contributed by atoms with Crippen molar-refractivity contribution in [3.8, 4) is 11.4 Å². The lowest BCUT2D eigenvalue weighted by Crippen LogP contribution is -2.39. The van der Waals surface area contributed by atoms with E-state index in [2.05, 4.69) is 15.0 Å². The molecule has 2 heterocycles. The zero-order valence-electron chi connectivity index (χ0n) is 15.9. The SMILES string of the molecule is CCOC(=O)C1CCCN(CCCc2nc(-c3ccc(C)c(F)c3)no2)C1. The van der Waals surface area contributed by atoms with Crippen LogP contribution in [0.5, 0.6) is 0 Å². The molecular formula is C20H26FN3O3. The topological polar surface area (TPSA) is 68.5 Å². The van der Waals surface area contributed by atoms with Gasteiger partial charge in [0, 0.05) is 18.5 Å². The predicted molar refractivity (Wildman–Crippen MR) is 98.5 cm³/mol. The van der Waals surface area contributed by atoms with Crippen LogP contribution in [0.25, 0.3) is 11.4 Å². The number of aromatic nitrogens is 2. The lowest BCUT2D eigenvalue weighted by atomic mass is 9.98. The van der Waals surface area contributed by atoms with Crippen molar-refractivity contribution in [2.24, 2.45) is 5.92 Å². The number of benzene rings is 1. The van der Waals surface area contributed by atoms with E-state index in [9.17, 15) is 9.18 Å². The summed E-state index contributed by atoms with van der Waals surface area (Å²) >= 11 is 0. The summed E-state index contributed by atoms with van der Waals surface area (Å²) in [6.07, 6.45) is 3.42. The number of aryl methyl sites for hydroxylation is 2. The van der Waals surface area contributed by atoms with E-state index in [4.69, 9.17) is 9.26 Å². The first-order chi connectivity index (χ1) is 13.1. The van der Waals surface area contributed by atoms with Gasteiger partial charge in [0.25, 0.3) is 0 Å². The van der Waals surface area contributed by atoms with Crippen molar-refractivity contribution in [2.75, 3.05) is 26.2 Å². The van der Waals surface area contributed by atoms with Crippen molar-refractivity contribution in [3.05, 3.63) is 35.5 Å². The molecule has 1 atom stereocenters. The molecule has 7 heteroatoms. The van der Waals surface area contributed by atoms with Gasteiger partial charge in [0.2, 0.25) is 11.7 Å². The molecule has 1 fully saturated rings. The number of likely N-dealkylation sites (tertiary alicyclic amines) is 1. The fraction of sp³-hybridized carbons (Fsp3) is 0.550. The number of carbonyl (C=O) groups excluding carboxylic acids is 1. The maximum absolute atomic E-state index is 13.7. The van der Waals surface area contributed by atoms with E-state index in [1.165, 1.54) is 6.07 Å². The molecule has 0 N–H and O–H groups in total. The van der Waals surface area contributed by atoms with Crippen molar-refractivity contribution in [2.45, 2.75) is 39.5 Å². The normalized spacial score (nSPS) is 17.8. The van der Waals surface area contributed by atoms with Crippen LogP contribution >= 0.6 is 0 Å². The first-order valence-corrected chi connectivity index (χ1v) is 9.55. The molecule has 27 heavy (non-hydrogen) atoms. The highest BCUT2D eigenvalue weighted by Gasteiger charge is 2.26. The Balaban J connectivity index is 1.49. The van der Waals surface area contributed by atoms with Crippen LogP contribution in [0, 0.1) is 18.7 Å². The van der Waals surface area contributed by atoms with Gasteiger partial charge in [-0.25, -0.2) is 4.39 Å². The molecule has 2 aromatic rings. The largest absolute Gasteiger partial charge is 0.466 e. The van der Waals surface area contributed by atoms with Gasteiger partial charge in [-0.3, -0.25) is 4.79 Å². The summed E-state index contributed by atoms with van der Waals surface area (Å²) in [5.41, 5.74) is 1.20. The lowest BCUT2D eigenvalue weighted by Gasteiger charge is -2.31. The Kier molecular flexibility index (Phi) is 6.55. The van der Waals surface area contributed by atoms with Crippen molar-refractivity contribution >= 4 is 5.97 Å². The first kappa shape index (κ1) is 19.5. The Labute approximate surface area is 158 Å². The first-order valence-electron chi connectivity index (χ1n) is 9.55. The standard InChI is InChI=1S/C20H26FN3O3/c1-3-26-20(25)16-6-4-10-24(13-16)11-5-7-18-22-19(23-27-18)15-9-8-14(2)17(21)12-15/h8-9,12,16H,3-7,10-11,13H2,1-2H3. The third-order valence-corrected chi connectivity index (χ3v) is 4.89. The molecule has 0 bridgehead atoms. The molecule has 0 aliphatic carbocycles. The smallest absolute Gasteiger partial charge is 0.310 e. The van der Waals surface area contributed by atoms with Crippen molar-refractivity contribution in [3.63, 3.8) is 0 Å². The average Bonchev–Trinajstić information content (AvgIpc) is 3.13. The second kappa shape index (κ2) is 9.08. The van der Waals surface area contributed by atoms with Crippen LogP contribution in [0.15, 0.2) is 22.7 Å². The Morgan fingerprint density at radius 2 is 2.30 bits per heavy atom. The van der Waals surface area contributed by atoms with Gasteiger partial charge in [-0.2, -0.15) is 4.98 Å². The Hall–Kier alpha value is -2.28. The van der Waals surface area contributed by atoms with E-state index >= 15 is 0 Å². The Morgan fingerprint density at radius 1 is 1.44 bits per heavy atom. The number of ether oxygens (including phenoxy) is 1. The molecule has 1 aromatic heterocycles. The molecule has 1 aliphatic rings. The number of hydrogen-bond donors (Lipinski definition) is 0. The van der Waals surface area contributed by atoms with Crippen LogP contribution in [0.2, 0.25) is 0 Å². The number of esters is 1. The highest BCUT2D eigenvalue weighted by atomic mass is 19.1. The van der Waals surface area contributed by atoms with Gasteiger partial charge in [-0.15, -0.1) is 0 Å². The third kappa shape index (κ3) is 5.13. The molecule has 1 unspecified atom stereocenters. The highest BCUT2D eigenvalue weighted by molar-refractivity contribution is 5.72. The number of rotatable bonds is 7. The minimum atomic E-state index is -0.278. The minimum absolute atomic E-state index is 0.0230. The summed E-state index contributed by atoms with van der Waals surface area (Å²) in [6.45, 7) is 6.59. The summed E-state index contributed by atoms with van der Waals surface area (Å²) in [6, 6.07) is 4.92. The Morgan fingerprint density at radius 3 is 3.07 bits per heavy atom. The quantitative estimate of drug-likeness (QED) is 0.691. The fourth-order valence-electron chi connectivity index (χ4n) is 3.37. The second-order valence-corrected chi connectivity index (χ2v) is 6.97. The van der Waals surface area contributed by atoms with Crippen LogP contribution in [0.3, 0.4) is 0 Å². The van der Waals surface area contributed by atoms with Crippen LogP contribution in [-0.2, 0) is 16.0 Å².